The van der Waals surface area contributed by atoms with E-state index in [1.807, 2.05) is 91.7 Å². The van der Waals surface area contributed by atoms with Gasteiger partial charge in [-0.05, 0) is 109 Å². The first-order valence-electron chi connectivity index (χ1n) is 20.4. The molecule has 0 saturated heterocycles. The standard InChI is InChI=1S/C51H52O5P2S/c1-6-8-21-41-33-37(3)35-48(50(41)55-57(5)53-46-31-19-25-39-23-15-17-29-44(39)46)59-49-36-38(4)34-42(22-9-7-2)51(49)56-58(52-43-27-13-11-10-12-14-28-43)54-47-32-20-26-40-24-16-18-30-45(40)47/h10-20,23-36H,6-9,21-22H2,1-5H3/b11-10+,12-10?,13-11?,14-12-,27-13+,28-14?,43-27?,43-28+. The molecule has 0 spiro atoms. The maximum absolute atomic E-state index is 7.12. The summed E-state index contributed by atoms with van der Waals surface area (Å²) in [4.78, 5) is 2.00. The Morgan fingerprint density at radius 2 is 1.05 bits per heavy atom. The molecule has 5 nitrogen and oxygen atoms in total. The minimum atomic E-state index is -1.99. The smallest absolute Gasteiger partial charge is 0.438 e. The van der Waals surface area contributed by atoms with E-state index in [9.17, 15) is 0 Å². The normalized spacial score (nSPS) is 15.9. The van der Waals surface area contributed by atoms with E-state index in [4.69, 9.17) is 22.6 Å². The van der Waals surface area contributed by atoms with E-state index in [0.717, 1.165) is 98.2 Å². The third kappa shape index (κ3) is 11.2. The Bertz CT molecular complexity index is 2500. The van der Waals surface area contributed by atoms with E-state index in [1.54, 1.807) is 11.8 Å². The summed E-state index contributed by atoms with van der Waals surface area (Å²) in [6.07, 6.45) is 19.7. The van der Waals surface area contributed by atoms with Crippen molar-refractivity contribution in [2.75, 3.05) is 6.66 Å². The van der Waals surface area contributed by atoms with Gasteiger partial charge in [0, 0.05) is 17.4 Å². The monoisotopic (exact) mass is 838 g/mol. The van der Waals surface area contributed by atoms with E-state index in [0.29, 0.717) is 11.5 Å². The first-order valence-corrected chi connectivity index (χ1v) is 24.0. The van der Waals surface area contributed by atoms with Gasteiger partial charge in [0.2, 0.25) is 0 Å². The van der Waals surface area contributed by atoms with Crippen molar-refractivity contribution >= 4 is 50.3 Å². The maximum atomic E-state index is 7.12. The predicted molar refractivity (Wildman–Crippen MR) is 250 cm³/mol. The van der Waals surface area contributed by atoms with Crippen LogP contribution in [0.1, 0.15) is 61.8 Å². The largest absolute Gasteiger partial charge is 0.530 e. The number of benzene rings is 6. The van der Waals surface area contributed by atoms with Gasteiger partial charge in [0.1, 0.15) is 28.8 Å². The molecule has 6 aromatic rings. The van der Waals surface area contributed by atoms with Gasteiger partial charge in [-0.25, -0.2) is 0 Å². The Kier molecular flexibility index (Phi) is 14.9. The van der Waals surface area contributed by atoms with Crippen LogP contribution in [0.2, 0.25) is 0 Å². The Balaban J connectivity index is 1.28. The Labute approximate surface area is 356 Å². The second-order valence-electron chi connectivity index (χ2n) is 14.6. The molecule has 0 aliphatic heterocycles. The van der Waals surface area contributed by atoms with E-state index in [2.05, 4.69) is 94.4 Å². The number of rotatable bonds is 18. The lowest BCUT2D eigenvalue weighted by molar-refractivity contribution is 0.337. The first-order chi connectivity index (χ1) is 28.9. The summed E-state index contributed by atoms with van der Waals surface area (Å²) in [5.74, 6) is 3.79. The summed E-state index contributed by atoms with van der Waals surface area (Å²) in [5.41, 5.74) is 4.64. The molecular formula is C51H52O5P2S. The van der Waals surface area contributed by atoms with Crippen molar-refractivity contribution in [2.24, 2.45) is 0 Å². The van der Waals surface area contributed by atoms with Crippen LogP contribution >= 0.6 is 28.7 Å². The molecule has 0 radical (unpaired) electrons. The van der Waals surface area contributed by atoms with Gasteiger partial charge in [-0.2, -0.15) is 0 Å². The van der Waals surface area contributed by atoms with Crippen LogP contribution in [0, 0.1) is 13.8 Å². The molecular weight excluding hydrogens is 787 g/mol. The molecule has 1 aliphatic carbocycles. The van der Waals surface area contributed by atoms with Crippen molar-refractivity contribution in [3.05, 3.63) is 180 Å². The number of unbranched alkanes of at least 4 members (excludes halogenated alkanes) is 2. The highest BCUT2D eigenvalue weighted by Gasteiger charge is 2.27. The predicted octanol–water partition coefficient (Wildman–Crippen LogP) is 16.1. The van der Waals surface area contributed by atoms with Crippen molar-refractivity contribution < 1.29 is 22.6 Å². The van der Waals surface area contributed by atoms with Gasteiger partial charge in [-0.3, -0.25) is 0 Å². The molecule has 0 N–H and O–H groups in total. The van der Waals surface area contributed by atoms with Gasteiger partial charge in [0.25, 0.3) is 8.38 Å². The van der Waals surface area contributed by atoms with Crippen LogP contribution in [-0.2, 0) is 17.4 Å². The lowest BCUT2D eigenvalue weighted by Crippen LogP contribution is -2.04. The highest BCUT2D eigenvalue weighted by molar-refractivity contribution is 7.99. The molecule has 6 aromatic carbocycles. The number of fused-ring (bicyclic) bond motifs is 2. The SMILES string of the molecule is CCCCc1cc(C)cc(Sc2cc(C)cc(CCCC)c2OP(OC2=C/C=C\C=C\C=C\2)Oc2cccc3ccccc23)c1OP(C)Oc1cccc2ccccc12. The quantitative estimate of drug-likeness (QED) is 0.0804. The molecule has 59 heavy (non-hydrogen) atoms. The molecule has 2 unspecified atom stereocenters. The topological polar surface area (TPSA) is 46.2 Å². The van der Waals surface area contributed by atoms with Crippen molar-refractivity contribution in [1.29, 1.82) is 0 Å². The minimum absolute atomic E-state index is 0.644. The average molecular weight is 839 g/mol. The first kappa shape index (κ1) is 42.1. The Hall–Kier alpha value is -4.99. The molecule has 1 aliphatic rings. The maximum Gasteiger partial charge on any atom is 0.530 e. The Morgan fingerprint density at radius 3 is 1.66 bits per heavy atom. The molecule has 7 rings (SSSR count). The van der Waals surface area contributed by atoms with Crippen LogP contribution in [0.15, 0.2) is 167 Å². The molecule has 0 aromatic heterocycles. The molecule has 302 valence electrons. The van der Waals surface area contributed by atoms with Crippen LogP contribution in [0.25, 0.3) is 21.5 Å². The van der Waals surface area contributed by atoms with Gasteiger partial charge in [-0.1, -0.05) is 154 Å². The van der Waals surface area contributed by atoms with Crippen LogP contribution in [0.5, 0.6) is 23.0 Å². The number of hydrogen-bond acceptors (Lipinski definition) is 6. The second kappa shape index (κ2) is 20.8. The number of allylic oxidation sites excluding steroid dienone is 7. The number of hydrogen-bond donors (Lipinski definition) is 0. The summed E-state index contributed by atoms with van der Waals surface area (Å²) in [7, 11) is -3.33. The van der Waals surface area contributed by atoms with Gasteiger partial charge in [-0.15, -0.1) is 0 Å². The average Bonchev–Trinajstić information content (AvgIpc) is 3.22. The summed E-state index contributed by atoms with van der Waals surface area (Å²) in [6, 6.07) is 37.7. The van der Waals surface area contributed by atoms with Crippen molar-refractivity contribution in [3.8, 4) is 23.0 Å². The third-order valence-corrected chi connectivity index (χ3v) is 12.8. The minimum Gasteiger partial charge on any atom is -0.438 e. The summed E-state index contributed by atoms with van der Waals surface area (Å²) in [6.45, 7) is 10.8. The lowest BCUT2D eigenvalue weighted by atomic mass is 10.0. The molecule has 8 heteroatoms. The van der Waals surface area contributed by atoms with Gasteiger partial charge >= 0.3 is 8.60 Å². The fraction of sp³-hybridized carbons (Fsp3) is 0.216. The third-order valence-electron chi connectivity index (χ3n) is 9.80. The fourth-order valence-corrected chi connectivity index (χ4v) is 10.4. The van der Waals surface area contributed by atoms with E-state index in [1.165, 1.54) is 11.1 Å². The molecule has 2 atom stereocenters. The van der Waals surface area contributed by atoms with Crippen LogP contribution in [0.3, 0.4) is 0 Å². The van der Waals surface area contributed by atoms with Crippen molar-refractivity contribution in [1.82, 2.24) is 0 Å². The highest BCUT2D eigenvalue weighted by Crippen LogP contribution is 2.53. The second-order valence-corrected chi connectivity index (χ2v) is 17.9. The molecule has 0 bridgehead atoms. The fourth-order valence-electron chi connectivity index (χ4n) is 6.95. The van der Waals surface area contributed by atoms with Gasteiger partial charge in [0.15, 0.2) is 0 Å². The highest BCUT2D eigenvalue weighted by atomic mass is 32.2. The lowest BCUT2D eigenvalue weighted by Gasteiger charge is -2.24. The Morgan fingerprint density at radius 1 is 0.525 bits per heavy atom. The molecule has 0 heterocycles. The van der Waals surface area contributed by atoms with Crippen LogP contribution in [0.4, 0.5) is 0 Å². The zero-order valence-electron chi connectivity index (χ0n) is 34.5. The summed E-state index contributed by atoms with van der Waals surface area (Å²) < 4.78 is 34.2. The van der Waals surface area contributed by atoms with Crippen molar-refractivity contribution in [2.45, 2.75) is 76.0 Å². The van der Waals surface area contributed by atoms with Gasteiger partial charge < -0.3 is 22.6 Å². The van der Waals surface area contributed by atoms with E-state index >= 15 is 0 Å². The zero-order chi connectivity index (χ0) is 41.0. The van der Waals surface area contributed by atoms with E-state index < -0.39 is 17.0 Å². The summed E-state index contributed by atoms with van der Waals surface area (Å²) >= 11 is 1.67. The zero-order valence-corrected chi connectivity index (χ0v) is 37.1. The van der Waals surface area contributed by atoms with Crippen LogP contribution < -0.4 is 18.1 Å². The van der Waals surface area contributed by atoms with Crippen LogP contribution in [-0.4, -0.2) is 6.66 Å². The van der Waals surface area contributed by atoms with Gasteiger partial charge in [0.05, 0.1) is 9.79 Å². The molecule has 0 fully saturated rings. The molecule has 0 amide bonds. The summed E-state index contributed by atoms with van der Waals surface area (Å²) in [5, 5.41) is 4.28. The number of aryl methyl sites for hydroxylation is 4. The van der Waals surface area contributed by atoms with Crippen molar-refractivity contribution in [3.63, 3.8) is 0 Å². The van der Waals surface area contributed by atoms with E-state index in [-0.39, 0.29) is 0 Å². The molecule has 0 saturated carbocycles.